The van der Waals surface area contributed by atoms with E-state index in [-0.39, 0.29) is 18.4 Å². The van der Waals surface area contributed by atoms with Gasteiger partial charge in [0, 0.05) is 19.2 Å². The lowest BCUT2D eigenvalue weighted by atomic mass is 10.0. The molecule has 0 radical (unpaired) electrons. The molecule has 3 nitrogen and oxygen atoms in total. The molecular weight excluding hydrogens is 307 g/mol. The Morgan fingerprint density at radius 2 is 1.78 bits per heavy atom. The van der Waals surface area contributed by atoms with Crippen LogP contribution in [0.3, 0.4) is 0 Å². The summed E-state index contributed by atoms with van der Waals surface area (Å²) >= 11 is 0. The lowest BCUT2D eigenvalue weighted by Gasteiger charge is -2.18. The first kappa shape index (κ1) is 17.3. The molecule has 2 aromatic rings. The minimum absolute atomic E-state index is 0.0176. The molecule has 2 rings (SSSR count). The van der Waals surface area contributed by atoms with Crippen LogP contribution in [0, 0.1) is 0 Å². The van der Waals surface area contributed by atoms with Crippen LogP contribution in [0.5, 0.6) is 5.75 Å². The summed E-state index contributed by atoms with van der Waals surface area (Å²) in [5.74, 6) is -0.241. The van der Waals surface area contributed by atoms with E-state index in [1.807, 2.05) is 30.3 Å². The molecule has 23 heavy (non-hydrogen) atoms. The monoisotopic (exact) mass is 325 g/mol. The summed E-state index contributed by atoms with van der Waals surface area (Å²) in [6, 6.07) is 15.4. The molecule has 2 N–H and O–H groups in total. The molecular formula is C17H18F3NO2. The molecule has 0 heterocycles. The third-order valence-electron chi connectivity index (χ3n) is 3.30. The van der Waals surface area contributed by atoms with E-state index in [2.05, 4.69) is 10.1 Å². The van der Waals surface area contributed by atoms with E-state index in [0.717, 1.165) is 5.56 Å². The average Bonchev–Trinajstić information content (AvgIpc) is 2.51. The Bertz CT molecular complexity index is 602. The van der Waals surface area contributed by atoms with E-state index < -0.39 is 6.36 Å². The van der Waals surface area contributed by atoms with Crippen molar-refractivity contribution in [2.45, 2.75) is 25.4 Å². The zero-order valence-electron chi connectivity index (χ0n) is 12.4. The third kappa shape index (κ3) is 5.92. The molecule has 0 spiro atoms. The summed E-state index contributed by atoms with van der Waals surface area (Å²) < 4.78 is 40.6. The fourth-order valence-corrected chi connectivity index (χ4v) is 2.29. The number of aliphatic hydroxyl groups excluding tert-OH is 1. The van der Waals surface area contributed by atoms with Crippen molar-refractivity contribution in [1.29, 1.82) is 0 Å². The van der Waals surface area contributed by atoms with Crippen LogP contribution < -0.4 is 10.1 Å². The second kappa shape index (κ2) is 7.99. The number of ether oxygens (including phenoxy) is 1. The van der Waals surface area contributed by atoms with E-state index in [0.29, 0.717) is 18.5 Å². The maximum atomic E-state index is 12.2. The molecule has 1 atom stereocenters. The fraction of sp³-hybridized carbons (Fsp3) is 0.294. The molecule has 0 aliphatic heterocycles. The number of aliphatic hydroxyl groups is 1. The zero-order valence-corrected chi connectivity index (χ0v) is 12.4. The first-order valence-corrected chi connectivity index (χ1v) is 7.22. The van der Waals surface area contributed by atoms with E-state index >= 15 is 0 Å². The standard InChI is InChI=1S/C17H18F3NO2/c18-17(19,20)23-15-8-4-5-13(11-15)12-21-16(9-10-22)14-6-2-1-3-7-14/h1-8,11,16,21-22H,9-10,12H2/t16-/m1/s1. The van der Waals surface area contributed by atoms with Crippen LogP contribution in [-0.2, 0) is 6.54 Å². The smallest absolute Gasteiger partial charge is 0.406 e. The maximum Gasteiger partial charge on any atom is 0.573 e. The second-order valence-electron chi connectivity index (χ2n) is 5.05. The average molecular weight is 325 g/mol. The zero-order chi connectivity index (χ0) is 16.7. The van der Waals surface area contributed by atoms with Crippen LogP contribution in [0.4, 0.5) is 13.2 Å². The van der Waals surface area contributed by atoms with Crippen LogP contribution in [0.1, 0.15) is 23.6 Å². The van der Waals surface area contributed by atoms with Crippen molar-refractivity contribution in [2.75, 3.05) is 6.61 Å². The molecule has 0 saturated carbocycles. The largest absolute Gasteiger partial charge is 0.573 e. The van der Waals surface area contributed by atoms with E-state index in [4.69, 9.17) is 0 Å². The first-order chi connectivity index (χ1) is 11.0. The summed E-state index contributed by atoms with van der Waals surface area (Å²) in [6.45, 7) is 0.387. The lowest BCUT2D eigenvalue weighted by Crippen LogP contribution is -2.22. The number of hydrogen-bond acceptors (Lipinski definition) is 3. The molecule has 0 saturated heterocycles. The molecule has 0 fully saturated rings. The van der Waals surface area contributed by atoms with E-state index in [1.165, 1.54) is 18.2 Å². The van der Waals surface area contributed by atoms with Crippen molar-refractivity contribution in [3.05, 3.63) is 65.7 Å². The predicted molar refractivity (Wildman–Crippen MR) is 80.9 cm³/mol. The Morgan fingerprint density at radius 3 is 2.43 bits per heavy atom. The summed E-state index contributed by atoms with van der Waals surface area (Å²) in [5, 5.41) is 12.4. The maximum absolute atomic E-state index is 12.2. The van der Waals surface area contributed by atoms with Crippen molar-refractivity contribution >= 4 is 0 Å². The summed E-state index contributed by atoms with van der Waals surface area (Å²) in [7, 11) is 0. The normalized spacial score (nSPS) is 12.9. The summed E-state index contributed by atoms with van der Waals surface area (Å²) in [5.41, 5.74) is 1.69. The van der Waals surface area contributed by atoms with Crippen LogP contribution in [0.15, 0.2) is 54.6 Å². The molecule has 6 heteroatoms. The van der Waals surface area contributed by atoms with Gasteiger partial charge >= 0.3 is 6.36 Å². The molecule has 0 aromatic heterocycles. The van der Waals surface area contributed by atoms with Crippen molar-refractivity contribution < 1.29 is 23.0 Å². The third-order valence-corrected chi connectivity index (χ3v) is 3.30. The molecule has 0 aliphatic rings. The molecule has 2 aromatic carbocycles. The van der Waals surface area contributed by atoms with Crippen molar-refractivity contribution in [3.63, 3.8) is 0 Å². The number of benzene rings is 2. The Morgan fingerprint density at radius 1 is 1.04 bits per heavy atom. The number of rotatable bonds is 7. The molecule has 124 valence electrons. The predicted octanol–water partition coefficient (Wildman–Crippen LogP) is 3.80. The highest BCUT2D eigenvalue weighted by Crippen LogP contribution is 2.24. The van der Waals surface area contributed by atoms with Crippen LogP contribution in [0.2, 0.25) is 0 Å². The van der Waals surface area contributed by atoms with Gasteiger partial charge in [0.15, 0.2) is 0 Å². The number of nitrogens with one attached hydrogen (secondary N) is 1. The Labute approximate surface area is 132 Å². The van der Waals surface area contributed by atoms with Gasteiger partial charge in [-0.25, -0.2) is 0 Å². The minimum atomic E-state index is -4.70. The van der Waals surface area contributed by atoms with Crippen LogP contribution in [0.25, 0.3) is 0 Å². The minimum Gasteiger partial charge on any atom is -0.406 e. The van der Waals surface area contributed by atoms with Gasteiger partial charge in [-0.3, -0.25) is 0 Å². The van der Waals surface area contributed by atoms with Crippen LogP contribution in [-0.4, -0.2) is 18.1 Å². The van der Waals surface area contributed by atoms with E-state index in [1.54, 1.807) is 6.07 Å². The van der Waals surface area contributed by atoms with E-state index in [9.17, 15) is 18.3 Å². The highest BCUT2D eigenvalue weighted by atomic mass is 19.4. The highest BCUT2D eigenvalue weighted by Gasteiger charge is 2.31. The number of halogens is 3. The molecule has 0 unspecified atom stereocenters. The molecule has 0 aliphatic carbocycles. The van der Waals surface area contributed by atoms with Crippen molar-refractivity contribution in [3.8, 4) is 5.75 Å². The fourth-order valence-electron chi connectivity index (χ4n) is 2.29. The SMILES string of the molecule is OCC[C@@H](NCc1cccc(OC(F)(F)F)c1)c1ccccc1. The topological polar surface area (TPSA) is 41.5 Å². The van der Waals surface area contributed by atoms with Gasteiger partial charge in [-0.2, -0.15) is 0 Å². The second-order valence-corrected chi connectivity index (χ2v) is 5.05. The molecule has 0 amide bonds. The summed E-state index contributed by atoms with van der Waals surface area (Å²) in [6.07, 6.45) is -4.18. The highest BCUT2D eigenvalue weighted by molar-refractivity contribution is 5.29. The van der Waals surface area contributed by atoms with Gasteiger partial charge in [0.1, 0.15) is 5.75 Å². The van der Waals surface area contributed by atoms with Gasteiger partial charge in [-0.15, -0.1) is 13.2 Å². The van der Waals surface area contributed by atoms with Gasteiger partial charge in [-0.05, 0) is 29.7 Å². The van der Waals surface area contributed by atoms with Gasteiger partial charge in [0.25, 0.3) is 0 Å². The van der Waals surface area contributed by atoms with Crippen molar-refractivity contribution in [1.82, 2.24) is 5.32 Å². The summed E-state index contributed by atoms with van der Waals surface area (Å²) in [4.78, 5) is 0. The van der Waals surface area contributed by atoms with Gasteiger partial charge in [0.2, 0.25) is 0 Å². The Hall–Kier alpha value is -2.05. The van der Waals surface area contributed by atoms with Gasteiger partial charge < -0.3 is 15.2 Å². The van der Waals surface area contributed by atoms with Crippen molar-refractivity contribution in [2.24, 2.45) is 0 Å². The Kier molecular flexibility index (Phi) is 6.01. The molecule has 0 bridgehead atoms. The van der Waals surface area contributed by atoms with Crippen LogP contribution >= 0.6 is 0 Å². The van der Waals surface area contributed by atoms with Gasteiger partial charge in [-0.1, -0.05) is 42.5 Å². The number of alkyl halides is 3. The lowest BCUT2D eigenvalue weighted by molar-refractivity contribution is -0.274. The van der Waals surface area contributed by atoms with Gasteiger partial charge in [0.05, 0.1) is 0 Å². The Balaban J connectivity index is 2.02. The quantitative estimate of drug-likeness (QED) is 0.814. The first-order valence-electron chi connectivity index (χ1n) is 7.22. The number of hydrogen-bond donors (Lipinski definition) is 2.